The molecule has 0 bridgehead atoms. The van der Waals surface area contributed by atoms with E-state index in [9.17, 15) is 4.79 Å². The highest BCUT2D eigenvalue weighted by atomic mass is 19.1. The minimum Gasteiger partial charge on any atom is -0.435 e. The van der Waals surface area contributed by atoms with Crippen LogP contribution in [0.25, 0.3) is 10.9 Å². The zero-order chi connectivity index (χ0) is 27.5. The van der Waals surface area contributed by atoms with Crippen molar-refractivity contribution >= 4 is 28.4 Å². The summed E-state index contributed by atoms with van der Waals surface area (Å²) in [6, 6.07) is 8.82. The van der Waals surface area contributed by atoms with Gasteiger partial charge in [-0.15, -0.1) is 0 Å². The molecule has 0 unspecified atom stereocenters. The molecule has 4 heterocycles. The highest BCUT2D eigenvalue weighted by Crippen LogP contribution is 2.33. The highest BCUT2D eigenvalue weighted by Gasteiger charge is 2.25. The number of nitrogens with one attached hydrogen (secondary N) is 2. The van der Waals surface area contributed by atoms with Crippen molar-refractivity contribution in [2.45, 2.75) is 20.4 Å². The summed E-state index contributed by atoms with van der Waals surface area (Å²) in [4.78, 5) is 35.8. The third-order valence-electron chi connectivity index (χ3n) is 6.96. The number of nitrogens with zero attached hydrogens (tertiary/aromatic N) is 6. The Morgan fingerprint density at radius 3 is 2.67 bits per heavy atom. The monoisotopic (exact) mass is 532 g/mol. The van der Waals surface area contributed by atoms with E-state index in [-0.39, 0.29) is 28.9 Å². The molecular formula is C28H33FN8O2. The molecular weight excluding hydrogens is 499 g/mol. The van der Waals surface area contributed by atoms with E-state index in [0.717, 1.165) is 44.0 Å². The number of pyridine rings is 1. The number of H-pyrrole nitrogens is 1. The summed E-state index contributed by atoms with van der Waals surface area (Å²) < 4.78 is 21.2. The van der Waals surface area contributed by atoms with Gasteiger partial charge in [-0.05, 0) is 50.7 Å². The summed E-state index contributed by atoms with van der Waals surface area (Å²) in [6.07, 6.45) is 3.10. The van der Waals surface area contributed by atoms with Crippen LogP contribution in [0.1, 0.15) is 28.5 Å². The molecule has 0 aliphatic carbocycles. The van der Waals surface area contributed by atoms with Gasteiger partial charge in [-0.1, -0.05) is 6.07 Å². The molecule has 204 valence electrons. The zero-order valence-electron chi connectivity index (χ0n) is 22.7. The molecule has 3 aromatic heterocycles. The topological polar surface area (TPSA) is 103 Å². The first-order valence-electron chi connectivity index (χ1n) is 13.0. The van der Waals surface area contributed by atoms with Crippen LogP contribution in [0.2, 0.25) is 0 Å². The first-order valence-corrected chi connectivity index (χ1v) is 13.0. The van der Waals surface area contributed by atoms with Crippen LogP contribution in [0.3, 0.4) is 0 Å². The van der Waals surface area contributed by atoms with E-state index in [4.69, 9.17) is 4.74 Å². The van der Waals surface area contributed by atoms with Gasteiger partial charge >= 0.3 is 0 Å². The Balaban J connectivity index is 1.41. The first kappa shape index (κ1) is 26.5. The van der Waals surface area contributed by atoms with Crippen molar-refractivity contribution in [2.75, 3.05) is 52.1 Å². The highest BCUT2D eigenvalue weighted by molar-refractivity contribution is 6.01. The Kier molecular flexibility index (Phi) is 7.71. The number of piperazine rings is 1. The van der Waals surface area contributed by atoms with Crippen molar-refractivity contribution in [1.82, 2.24) is 34.6 Å². The van der Waals surface area contributed by atoms with Crippen LogP contribution in [0.4, 0.5) is 16.0 Å². The Bertz CT molecular complexity index is 1460. The van der Waals surface area contributed by atoms with Gasteiger partial charge < -0.3 is 24.8 Å². The Morgan fingerprint density at radius 2 is 1.95 bits per heavy atom. The van der Waals surface area contributed by atoms with Gasteiger partial charge in [-0.3, -0.25) is 9.69 Å². The normalized spacial score (nSPS) is 14.5. The molecule has 39 heavy (non-hydrogen) atoms. The summed E-state index contributed by atoms with van der Waals surface area (Å²) in [5.74, 6) is -0.235. The molecule has 1 amide bonds. The van der Waals surface area contributed by atoms with Gasteiger partial charge in [0.1, 0.15) is 17.7 Å². The number of rotatable bonds is 8. The lowest BCUT2D eigenvalue weighted by Crippen LogP contribution is -2.43. The van der Waals surface area contributed by atoms with Crippen molar-refractivity contribution in [3.63, 3.8) is 0 Å². The molecule has 11 heteroatoms. The summed E-state index contributed by atoms with van der Waals surface area (Å²) in [5, 5.41) is 3.53. The van der Waals surface area contributed by atoms with Crippen LogP contribution < -0.4 is 10.1 Å². The van der Waals surface area contributed by atoms with E-state index in [2.05, 4.69) is 42.1 Å². The average Bonchev–Trinajstić information content (AvgIpc) is 3.33. The SMILES string of the molecule is CCN(C)C(=O)c1c(Nc2ccc(CN3CCN(C)CC3)cn2)ncnc1Oc1ccc2[nH]c(C)cc2c1F. The van der Waals surface area contributed by atoms with Crippen LogP contribution >= 0.6 is 0 Å². The number of hydrogen-bond acceptors (Lipinski definition) is 8. The second-order valence-corrected chi connectivity index (χ2v) is 9.87. The predicted molar refractivity (Wildman–Crippen MR) is 148 cm³/mol. The van der Waals surface area contributed by atoms with Gasteiger partial charge in [0.2, 0.25) is 5.88 Å². The van der Waals surface area contributed by atoms with E-state index in [1.807, 2.05) is 32.2 Å². The van der Waals surface area contributed by atoms with Gasteiger partial charge in [0.15, 0.2) is 17.4 Å². The maximum atomic E-state index is 15.3. The molecule has 0 saturated carbocycles. The second kappa shape index (κ2) is 11.3. The fraction of sp³-hybridized carbons (Fsp3) is 0.357. The molecule has 0 radical (unpaired) electrons. The minimum atomic E-state index is -0.537. The minimum absolute atomic E-state index is 0.0364. The number of anilines is 2. The number of amides is 1. The van der Waals surface area contributed by atoms with E-state index in [1.54, 1.807) is 19.2 Å². The standard InChI is InChI=1S/C28H33FN8O2/c1-5-36(4)28(38)24-26(34-23-9-6-19(15-30-23)16-37-12-10-35(3)11-13-37)31-17-32-27(24)39-22-8-7-21-20(25(22)29)14-18(2)33-21/h6-9,14-15,17,33H,5,10-13,16H2,1-4H3,(H,30,31,32,34). The predicted octanol–water partition coefficient (Wildman–Crippen LogP) is 4.18. The Labute approximate surface area is 226 Å². The Hall–Kier alpha value is -4.09. The lowest BCUT2D eigenvalue weighted by atomic mass is 10.2. The summed E-state index contributed by atoms with van der Waals surface area (Å²) in [5.41, 5.74) is 2.68. The zero-order valence-corrected chi connectivity index (χ0v) is 22.7. The molecule has 1 aromatic carbocycles. The summed E-state index contributed by atoms with van der Waals surface area (Å²) in [7, 11) is 3.81. The molecule has 4 aromatic rings. The van der Waals surface area contributed by atoms with Crippen LogP contribution in [0.15, 0.2) is 42.9 Å². The van der Waals surface area contributed by atoms with Crippen molar-refractivity contribution in [3.8, 4) is 11.6 Å². The molecule has 1 fully saturated rings. The quantitative estimate of drug-likeness (QED) is 0.349. The smallest absolute Gasteiger partial charge is 0.262 e. The number of fused-ring (bicyclic) bond motifs is 1. The number of likely N-dealkylation sites (N-methyl/N-ethyl adjacent to an activating group) is 1. The molecule has 0 spiro atoms. The van der Waals surface area contributed by atoms with Crippen LogP contribution in [0, 0.1) is 12.7 Å². The molecule has 1 saturated heterocycles. The number of aryl methyl sites for hydroxylation is 1. The number of benzene rings is 1. The number of aromatic nitrogens is 4. The molecule has 0 atom stereocenters. The molecule has 5 rings (SSSR count). The fourth-order valence-electron chi connectivity index (χ4n) is 4.52. The van der Waals surface area contributed by atoms with Gasteiger partial charge in [0, 0.05) is 69.1 Å². The van der Waals surface area contributed by atoms with E-state index >= 15 is 4.39 Å². The lowest BCUT2D eigenvalue weighted by Gasteiger charge is -2.32. The van der Waals surface area contributed by atoms with Crippen molar-refractivity contribution in [1.29, 1.82) is 0 Å². The van der Waals surface area contributed by atoms with Crippen molar-refractivity contribution in [2.24, 2.45) is 0 Å². The van der Waals surface area contributed by atoms with E-state index in [0.29, 0.717) is 23.3 Å². The van der Waals surface area contributed by atoms with Gasteiger partial charge in [0.05, 0.1) is 0 Å². The van der Waals surface area contributed by atoms with Crippen LogP contribution in [0.5, 0.6) is 11.6 Å². The average molecular weight is 533 g/mol. The largest absolute Gasteiger partial charge is 0.435 e. The van der Waals surface area contributed by atoms with Crippen LogP contribution in [-0.2, 0) is 6.54 Å². The van der Waals surface area contributed by atoms with Crippen molar-refractivity contribution < 1.29 is 13.9 Å². The number of aromatic amines is 1. The molecule has 1 aliphatic rings. The lowest BCUT2D eigenvalue weighted by molar-refractivity contribution is 0.0799. The maximum Gasteiger partial charge on any atom is 0.262 e. The van der Waals surface area contributed by atoms with E-state index in [1.165, 1.54) is 17.3 Å². The third-order valence-corrected chi connectivity index (χ3v) is 6.96. The number of ether oxygens (including phenoxy) is 1. The first-order chi connectivity index (χ1) is 18.8. The third kappa shape index (κ3) is 5.84. The number of halogens is 1. The fourth-order valence-corrected chi connectivity index (χ4v) is 4.52. The van der Waals surface area contributed by atoms with Gasteiger partial charge in [0.25, 0.3) is 5.91 Å². The van der Waals surface area contributed by atoms with Gasteiger partial charge in [-0.2, -0.15) is 0 Å². The molecule has 1 aliphatic heterocycles. The second-order valence-electron chi connectivity index (χ2n) is 9.87. The molecule has 2 N–H and O–H groups in total. The molecule has 10 nitrogen and oxygen atoms in total. The van der Waals surface area contributed by atoms with Gasteiger partial charge in [-0.25, -0.2) is 19.3 Å². The number of hydrogen-bond donors (Lipinski definition) is 2. The number of carbonyl (C=O) groups is 1. The summed E-state index contributed by atoms with van der Waals surface area (Å²) in [6.45, 7) is 9.14. The van der Waals surface area contributed by atoms with E-state index < -0.39 is 5.82 Å². The number of carbonyl (C=O) groups excluding carboxylic acids is 1. The maximum absolute atomic E-state index is 15.3. The summed E-state index contributed by atoms with van der Waals surface area (Å²) >= 11 is 0. The van der Waals surface area contributed by atoms with Crippen molar-refractivity contribution in [3.05, 3.63) is 65.5 Å². The Morgan fingerprint density at radius 1 is 1.15 bits per heavy atom. The van der Waals surface area contributed by atoms with Crippen LogP contribution in [-0.4, -0.2) is 87.4 Å².